The van der Waals surface area contributed by atoms with Crippen molar-refractivity contribution in [3.05, 3.63) is 10.7 Å². The Kier molecular flexibility index (Phi) is 5.18. The van der Waals surface area contributed by atoms with Gasteiger partial charge in [0, 0.05) is 19.3 Å². The fourth-order valence-corrected chi connectivity index (χ4v) is 1.82. The van der Waals surface area contributed by atoms with Crippen LogP contribution in [0.25, 0.3) is 0 Å². The molecule has 0 saturated heterocycles. The van der Waals surface area contributed by atoms with Crippen LogP contribution in [0.3, 0.4) is 0 Å². The fraction of sp³-hybridized carbons (Fsp3) is 0.600. The van der Waals surface area contributed by atoms with Gasteiger partial charge < -0.3 is 10.2 Å². The molecule has 18 heavy (non-hydrogen) atoms. The summed E-state index contributed by atoms with van der Waals surface area (Å²) >= 11 is 3.17. The van der Waals surface area contributed by atoms with Crippen LogP contribution in [-0.4, -0.2) is 35.8 Å². The Balaban J connectivity index is 3.00. The number of aromatic nitrogens is 2. The van der Waals surface area contributed by atoms with Crippen molar-refractivity contribution in [1.29, 1.82) is 0 Å². The molecule has 0 aromatic carbocycles. The van der Waals surface area contributed by atoms with E-state index in [4.69, 9.17) is 0 Å². The molecule has 0 fully saturated rings. The van der Waals surface area contributed by atoms with Crippen LogP contribution in [0.15, 0.2) is 10.7 Å². The van der Waals surface area contributed by atoms with Crippen molar-refractivity contribution >= 4 is 27.7 Å². The first-order chi connectivity index (χ1) is 8.37. The van der Waals surface area contributed by atoms with Crippen LogP contribution in [-0.2, 0) is 0 Å². The van der Waals surface area contributed by atoms with Gasteiger partial charge in [-0.25, -0.2) is 4.98 Å². The monoisotopic (exact) mass is 326 g/mol. The minimum Gasteiger partial charge on any atom is -0.354 e. The molecule has 0 aliphatic rings. The zero-order chi connectivity index (χ0) is 13.8. The summed E-state index contributed by atoms with van der Waals surface area (Å²) in [5, 5.41) is 2.87. The standard InChI is InChI=1S/C10H14BrF3N4/c1-3-15-9-16-5-7(11)8(17-9)18(4-2)6-10(12,13)14/h5H,3-4,6H2,1-2H3,(H,15,16,17). The first kappa shape index (κ1) is 15.0. The predicted octanol–water partition coefficient (Wildman–Crippen LogP) is 3.06. The van der Waals surface area contributed by atoms with Gasteiger partial charge in [0.15, 0.2) is 0 Å². The smallest absolute Gasteiger partial charge is 0.354 e. The van der Waals surface area contributed by atoms with E-state index in [1.54, 1.807) is 6.92 Å². The summed E-state index contributed by atoms with van der Waals surface area (Å²) in [7, 11) is 0. The molecule has 0 atom stereocenters. The van der Waals surface area contributed by atoms with E-state index in [-0.39, 0.29) is 12.4 Å². The van der Waals surface area contributed by atoms with E-state index >= 15 is 0 Å². The third kappa shape index (κ3) is 4.32. The number of hydrogen-bond acceptors (Lipinski definition) is 4. The molecular weight excluding hydrogens is 313 g/mol. The van der Waals surface area contributed by atoms with Gasteiger partial charge in [-0.1, -0.05) is 0 Å². The molecule has 0 saturated carbocycles. The van der Waals surface area contributed by atoms with E-state index in [2.05, 4.69) is 31.2 Å². The molecule has 8 heteroatoms. The lowest BCUT2D eigenvalue weighted by Crippen LogP contribution is -2.35. The molecule has 1 rings (SSSR count). The van der Waals surface area contributed by atoms with Crippen LogP contribution in [0.4, 0.5) is 24.9 Å². The second-order valence-electron chi connectivity index (χ2n) is 3.52. The highest BCUT2D eigenvalue weighted by atomic mass is 79.9. The number of nitrogens with zero attached hydrogens (tertiary/aromatic N) is 3. The summed E-state index contributed by atoms with van der Waals surface area (Å²) in [5.74, 6) is 0.553. The molecule has 0 amide bonds. The molecule has 1 aromatic heterocycles. The van der Waals surface area contributed by atoms with Crippen LogP contribution in [0.5, 0.6) is 0 Å². The van der Waals surface area contributed by atoms with Gasteiger partial charge in [0.1, 0.15) is 12.4 Å². The van der Waals surface area contributed by atoms with Crippen molar-refractivity contribution < 1.29 is 13.2 Å². The summed E-state index contributed by atoms with van der Waals surface area (Å²) in [6.07, 6.45) is -2.82. The Hall–Kier alpha value is -1.05. The van der Waals surface area contributed by atoms with Gasteiger partial charge in [0.25, 0.3) is 0 Å². The molecule has 102 valence electrons. The summed E-state index contributed by atoms with van der Waals surface area (Å²) in [6.45, 7) is 3.28. The minimum absolute atomic E-state index is 0.209. The predicted molar refractivity (Wildman–Crippen MR) is 67.8 cm³/mol. The second kappa shape index (κ2) is 6.21. The molecule has 0 spiro atoms. The Morgan fingerprint density at radius 2 is 2.06 bits per heavy atom. The molecule has 0 aliphatic carbocycles. The maximum absolute atomic E-state index is 12.4. The Morgan fingerprint density at radius 1 is 1.39 bits per heavy atom. The lowest BCUT2D eigenvalue weighted by molar-refractivity contribution is -0.119. The average Bonchev–Trinajstić information content (AvgIpc) is 2.28. The number of halogens is 4. The van der Waals surface area contributed by atoms with Gasteiger partial charge in [0.05, 0.1) is 4.47 Å². The van der Waals surface area contributed by atoms with Gasteiger partial charge in [0.2, 0.25) is 5.95 Å². The van der Waals surface area contributed by atoms with Gasteiger partial charge in [-0.3, -0.25) is 0 Å². The molecule has 0 bridgehead atoms. The Bertz CT molecular complexity index is 397. The highest BCUT2D eigenvalue weighted by Crippen LogP contribution is 2.27. The fourth-order valence-electron chi connectivity index (χ4n) is 1.38. The minimum atomic E-state index is -4.27. The van der Waals surface area contributed by atoms with Crippen molar-refractivity contribution in [3.63, 3.8) is 0 Å². The SMILES string of the molecule is CCNc1ncc(Br)c(N(CC)CC(F)(F)F)n1. The van der Waals surface area contributed by atoms with E-state index < -0.39 is 12.7 Å². The van der Waals surface area contributed by atoms with Crippen molar-refractivity contribution in [2.45, 2.75) is 20.0 Å². The maximum Gasteiger partial charge on any atom is 0.405 e. The van der Waals surface area contributed by atoms with Crippen LogP contribution >= 0.6 is 15.9 Å². The molecule has 0 aliphatic heterocycles. The molecule has 1 aromatic rings. The lowest BCUT2D eigenvalue weighted by atomic mass is 10.4. The molecule has 1 N–H and O–H groups in total. The van der Waals surface area contributed by atoms with Gasteiger partial charge in [-0.2, -0.15) is 18.2 Å². The molecule has 0 unspecified atom stereocenters. The highest BCUT2D eigenvalue weighted by molar-refractivity contribution is 9.10. The first-order valence-electron chi connectivity index (χ1n) is 5.45. The quantitative estimate of drug-likeness (QED) is 0.902. The topological polar surface area (TPSA) is 41.1 Å². The van der Waals surface area contributed by atoms with Crippen molar-refractivity contribution in [2.24, 2.45) is 0 Å². The number of anilines is 2. The van der Waals surface area contributed by atoms with Crippen molar-refractivity contribution in [1.82, 2.24) is 9.97 Å². The maximum atomic E-state index is 12.4. The zero-order valence-electron chi connectivity index (χ0n) is 10.1. The second-order valence-corrected chi connectivity index (χ2v) is 4.38. The summed E-state index contributed by atoms with van der Waals surface area (Å²) in [5.41, 5.74) is 0. The number of rotatable bonds is 5. The van der Waals surface area contributed by atoms with E-state index in [0.29, 0.717) is 17.0 Å². The molecular formula is C10H14BrF3N4. The van der Waals surface area contributed by atoms with E-state index in [1.807, 2.05) is 6.92 Å². The van der Waals surface area contributed by atoms with Gasteiger partial charge >= 0.3 is 6.18 Å². The Morgan fingerprint density at radius 3 is 2.56 bits per heavy atom. The summed E-state index contributed by atoms with van der Waals surface area (Å²) in [4.78, 5) is 9.18. The van der Waals surface area contributed by atoms with Crippen molar-refractivity contribution in [2.75, 3.05) is 29.9 Å². The van der Waals surface area contributed by atoms with E-state index in [1.165, 1.54) is 6.20 Å². The largest absolute Gasteiger partial charge is 0.405 e. The number of alkyl halides is 3. The third-order valence-electron chi connectivity index (χ3n) is 2.11. The zero-order valence-corrected chi connectivity index (χ0v) is 11.6. The molecule has 0 radical (unpaired) electrons. The normalized spacial score (nSPS) is 11.4. The van der Waals surface area contributed by atoms with Crippen LogP contribution in [0.1, 0.15) is 13.8 Å². The van der Waals surface area contributed by atoms with Crippen LogP contribution < -0.4 is 10.2 Å². The summed E-state index contributed by atoms with van der Waals surface area (Å²) < 4.78 is 37.8. The first-order valence-corrected chi connectivity index (χ1v) is 6.24. The van der Waals surface area contributed by atoms with Gasteiger partial charge in [-0.05, 0) is 29.8 Å². The number of hydrogen-bond donors (Lipinski definition) is 1. The van der Waals surface area contributed by atoms with E-state index in [0.717, 1.165) is 4.90 Å². The van der Waals surface area contributed by atoms with E-state index in [9.17, 15) is 13.2 Å². The Labute approximate surface area is 112 Å². The van der Waals surface area contributed by atoms with Crippen LogP contribution in [0, 0.1) is 0 Å². The third-order valence-corrected chi connectivity index (χ3v) is 2.67. The average molecular weight is 327 g/mol. The van der Waals surface area contributed by atoms with Crippen LogP contribution in [0.2, 0.25) is 0 Å². The molecule has 1 heterocycles. The molecule has 4 nitrogen and oxygen atoms in total. The number of nitrogens with one attached hydrogen (secondary N) is 1. The lowest BCUT2D eigenvalue weighted by Gasteiger charge is -2.24. The van der Waals surface area contributed by atoms with Gasteiger partial charge in [-0.15, -0.1) is 0 Å². The summed E-state index contributed by atoms with van der Waals surface area (Å²) in [6, 6.07) is 0. The van der Waals surface area contributed by atoms with Crippen molar-refractivity contribution in [3.8, 4) is 0 Å². The highest BCUT2D eigenvalue weighted by Gasteiger charge is 2.31.